The summed E-state index contributed by atoms with van der Waals surface area (Å²) >= 11 is 4.65. The minimum atomic E-state index is -0.166. The fraction of sp³-hybridized carbons (Fsp3) is 0.889. The van der Waals surface area contributed by atoms with Gasteiger partial charge in [0, 0.05) is 14.2 Å². The highest BCUT2D eigenvalue weighted by Crippen LogP contribution is 2.21. The largest absolute Gasteiger partial charge is 0.364 e. The van der Waals surface area contributed by atoms with Crippen LogP contribution in [0.15, 0.2) is 4.99 Å². The summed E-state index contributed by atoms with van der Waals surface area (Å²) in [6.45, 7) is 0.764. The molecule has 0 saturated carbocycles. The Bertz CT molecular complexity index is 242. The molecule has 1 heterocycles. The maximum absolute atomic E-state index is 5.39. The normalized spacial score (nSPS) is 33.7. The Hall–Kier alpha value is -0.360. The van der Waals surface area contributed by atoms with E-state index in [1.54, 1.807) is 14.2 Å². The Morgan fingerprint density at radius 3 is 2.00 bits per heavy atom. The van der Waals surface area contributed by atoms with Crippen molar-refractivity contribution in [3.05, 3.63) is 0 Å². The molecule has 1 saturated heterocycles. The predicted octanol–water partition coefficient (Wildman–Crippen LogP) is 0.238. The lowest BCUT2D eigenvalue weighted by Crippen LogP contribution is -2.61. The van der Waals surface area contributed by atoms with Crippen LogP contribution in [-0.2, 0) is 9.47 Å². The van der Waals surface area contributed by atoms with Crippen molar-refractivity contribution in [1.29, 1.82) is 0 Å². The topological polar surface area (TPSA) is 37.3 Å². The van der Waals surface area contributed by atoms with Crippen LogP contribution in [0.3, 0.4) is 0 Å². The lowest BCUT2D eigenvalue weighted by atomic mass is 10.1. The second kappa shape index (κ2) is 5.65. The summed E-state index contributed by atoms with van der Waals surface area (Å²) in [4.78, 5) is 8.22. The molecule has 0 radical (unpaired) electrons. The zero-order valence-corrected chi connectivity index (χ0v) is 10.3. The average Bonchev–Trinajstić information content (AvgIpc) is 2.18. The summed E-state index contributed by atoms with van der Waals surface area (Å²) in [6, 6.07) is -0.166. The van der Waals surface area contributed by atoms with Crippen LogP contribution in [0, 0.1) is 0 Å². The van der Waals surface area contributed by atoms with Crippen LogP contribution in [0.2, 0.25) is 0 Å². The van der Waals surface area contributed by atoms with Gasteiger partial charge < -0.3 is 9.47 Å². The molecule has 0 aliphatic carbocycles. The molecule has 2 unspecified atom stereocenters. The second-order valence-corrected chi connectivity index (χ2v) is 3.80. The van der Waals surface area contributed by atoms with Crippen molar-refractivity contribution in [3.8, 4) is 0 Å². The molecule has 5 nitrogen and oxygen atoms in total. The van der Waals surface area contributed by atoms with Crippen molar-refractivity contribution in [1.82, 2.24) is 9.80 Å². The van der Waals surface area contributed by atoms with Gasteiger partial charge in [-0.15, -0.1) is 0 Å². The van der Waals surface area contributed by atoms with Crippen LogP contribution >= 0.6 is 12.2 Å². The number of isothiocyanates is 1. The quantitative estimate of drug-likeness (QED) is 0.514. The summed E-state index contributed by atoms with van der Waals surface area (Å²) in [7, 11) is 7.26. The zero-order chi connectivity index (χ0) is 11.4. The Kier molecular flexibility index (Phi) is 4.79. The summed E-state index contributed by atoms with van der Waals surface area (Å²) in [6.07, 6.45) is -0.247. The van der Waals surface area contributed by atoms with Crippen LogP contribution in [0.5, 0.6) is 0 Å². The Balaban J connectivity index is 2.91. The molecule has 6 heteroatoms. The number of hydrogen-bond donors (Lipinski definition) is 0. The minimum Gasteiger partial charge on any atom is -0.364 e. The van der Waals surface area contributed by atoms with Gasteiger partial charge in [-0.25, -0.2) is 4.99 Å². The number of methoxy groups -OCH3 is 2. The van der Waals surface area contributed by atoms with E-state index in [2.05, 4.69) is 32.2 Å². The molecule has 0 aromatic carbocycles. The van der Waals surface area contributed by atoms with E-state index in [1.165, 1.54) is 0 Å². The van der Waals surface area contributed by atoms with Crippen LogP contribution in [0.1, 0.15) is 0 Å². The van der Waals surface area contributed by atoms with Crippen LogP contribution in [0.25, 0.3) is 0 Å². The Labute approximate surface area is 95.7 Å². The molecule has 1 fully saturated rings. The van der Waals surface area contributed by atoms with E-state index in [4.69, 9.17) is 9.47 Å². The number of rotatable bonds is 3. The highest BCUT2D eigenvalue weighted by molar-refractivity contribution is 7.78. The highest BCUT2D eigenvalue weighted by Gasteiger charge is 2.39. The van der Waals surface area contributed by atoms with Gasteiger partial charge in [-0.1, -0.05) is 0 Å². The number of nitrogens with zero attached hydrogens (tertiary/aromatic N) is 3. The fourth-order valence-corrected chi connectivity index (χ4v) is 2.12. The van der Waals surface area contributed by atoms with Crippen molar-refractivity contribution in [2.45, 2.75) is 18.5 Å². The molecule has 0 amide bonds. The van der Waals surface area contributed by atoms with Crippen molar-refractivity contribution in [2.24, 2.45) is 4.99 Å². The Morgan fingerprint density at radius 2 is 1.67 bits per heavy atom. The molecular formula is C9H17N3O2S. The summed E-state index contributed by atoms with van der Waals surface area (Å²) in [5.74, 6) is 0. The number of hydrogen-bond acceptors (Lipinski definition) is 6. The van der Waals surface area contributed by atoms with Crippen LogP contribution in [0.4, 0.5) is 0 Å². The number of ether oxygens (including phenoxy) is 2. The third-order valence-corrected chi connectivity index (χ3v) is 2.69. The number of aliphatic imine (C=N–C) groups is 1. The van der Waals surface area contributed by atoms with Gasteiger partial charge in [0.05, 0.1) is 11.8 Å². The van der Waals surface area contributed by atoms with Crippen LogP contribution < -0.4 is 0 Å². The average molecular weight is 231 g/mol. The van der Waals surface area contributed by atoms with Gasteiger partial charge in [-0.3, -0.25) is 9.80 Å². The monoisotopic (exact) mass is 231 g/mol. The van der Waals surface area contributed by atoms with E-state index in [-0.39, 0.29) is 18.5 Å². The van der Waals surface area contributed by atoms with Crippen molar-refractivity contribution in [2.75, 3.05) is 35.0 Å². The molecule has 0 aromatic rings. The molecule has 2 atom stereocenters. The van der Waals surface area contributed by atoms with Gasteiger partial charge in [0.1, 0.15) is 18.5 Å². The first-order valence-electron chi connectivity index (χ1n) is 4.68. The maximum atomic E-state index is 5.39. The fourth-order valence-electron chi connectivity index (χ4n) is 2.00. The third kappa shape index (κ3) is 2.60. The van der Waals surface area contributed by atoms with Gasteiger partial charge in [0.15, 0.2) is 0 Å². The van der Waals surface area contributed by atoms with E-state index >= 15 is 0 Å². The molecule has 0 N–H and O–H groups in total. The number of thiocarbonyl (C=S) groups is 1. The third-order valence-electron chi connectivity index (χ3n) is 2.58. The summed E-state index contributed by atoms with van der Waals surface area (Å²) in [5.41, 5.74) is 0. The highest BCUT2D eigenvalue weighted by atomic mass is 32.1. The molecule has 0 spiro atoms. The van der Waals surface area contributed by atoms with Crippen LogP contribution in [-0.4, -0.2) is 68.4 Å². The summed E-state index contributed by atoms with van der Waals surface area (Å²) < 4.78 is 10.8. The minimum absolute atomic E-state index is 0.124. The Morgan fingerprint density at radius 1 is 1.20 bits per heavy atom. The molecule has 1 aliphatic rings. The van der Waals surface area contributed by atoms with Gasteiger partial charge in [0.2, 0.25) is 0 Å². The SMILES string of the molecule is COC1C(N=C=S)C(OC)N(C)CN1C. The lowest BCUT2D eigenvalue weighted by Gasteiger charge is -2.44. The molecule has 0 bridgehead atoms. The smallest absolute Gasteiger partial charge is 0.139 e. The van der Waals surface area contributed by atoms with E-state index in [1.807, 2.05) is 14.1 Å². The first-order valence-corrected chi connectivity index (χ1v) is 5.09. The lowest BCUT2D eigenvalue weighted by molar-refractivity contribution is -0.172. The first-order chi connectivity index (χ1) is 7.15. The van der Waals surface area contributed by atoms with Crippen molar-refractivity contribution in [3.63, 3.8) is 0 Å². The first kappa shape index (κ1) is 12.7. The second-order valence-electron chi connectivity index (χ2n) is 3.62. The molecule has 1 aliphatic heterocycles. The van der Waals surface area contributed by atoms with E-state index in [0.29, 0.717) is 0 Å². The number of likely N-dealkylation sites (N-methyl/N-ethyl adjacent to an activating group) is 2. The van der Waals surface area contributed by atoms with E-state index in [0.717, 1.165) is 6.67 Å². The van der Waals surface area contributed by atoms with E-state index < -0.39 is 0 Å². The van der Waals surface area contributed by atoms with Crippen molar-refractivity contribution < 1.29 is 9.47 Å². The molecule has 86 valence electrons. The van der Waals surface area contributed by atoms with Gasteiger partial charge >= 0.3 is 0 Å². The summed E-state index contributed by atoms with van der Waals surface area (Å²) in [5, 5.41) is 2.40. The molecular weight excluding hydrogens is 214 g/mol. The standard InChI is InChI=1S/C9H17N3O2S/c1-11-6-12(2)9(14-4)7(10-5-15)8(11)13-3/h7-9H,6H2,1-4H3. The van der Waals surface area contributed by atoms with E-state index in [9.17, 15) is 0 Å². The van der Waals surface area contributed by atoms with Gasteiger partial charge in [0.25, 0.3) is 0 Å². The molecule has 0 aromatic heterocycles. The maximum Gasteiger partial charge on any atom is 0.139 e. The zero-order valence-electron chi connectivity index (χ0n) is 9.51. The van der Waals surface area contributed by atoms with Gasteiger partial charge in [-0.2, -0.15) is 0 Å². The van der Waals surface area contributed by atoms with Gasteiger partial charge in [-0.05, 0) is 26.3 Å². The predicted molar refractivity (Wildman–Crippen MR) is 60.8 cm³/mol. The molecule has 1 rings (SSSR count). The molecule has 15 heavy (non-hydrogen) atoms. The van der Waals surface area contributed by atoms with Crippen molar-refractivity contribution >= 4 is 17.4 Å².